The van der Waals surface area contributed by atoms with Crippen molar-refractivity contribution in [2.24, 2.45) is 5.92 Å². The fourth-order valence-corrected chi connectivity index (χ4v) is 4.25. The Labute approximate surface area is 212 Å². The van der Waals surface area contributed by atoms with Gasteiger partial charge in [-0.15, -0.1) is 0 Å². The topological polar surface area (TPSA) is 81.0 Å². The average Bonchev–Trinajstić information content (AvgIpc) is 2.77. The molecule has 0 aromatic heterocycles. The summed E-state index contributed by atoms with van der Waals surface area (Å²) in [6, 6.07) is 0. The van der Waals surface area contributed by atoms with Crippen molar-refractivity contribution in [2.45, 2.75) is 149 Å². The predicted molar refractivity (Wildman–Crippen MR) is 146 cm³/mol. The number of unbranched alkanes of at least 4 members (excludes halogenated alkanes) is 14. The maximum Gasteiger partial charge on any atom is 0.303 e. The summed E-state index contributed by atoms with van der Waals surface area (Å²) < 4.78 is 0. The van der Waals surface area contributed by atoms with Crippen LogP contribution in [0, 0.1) is 5.92 Å². The van der Waals surface area contributed by atoms with Crippen LogP contribution in [0.4, 0.5) is 0 Å². The van der Waals surface area contributed by atoms with E-state index in [4.69, 9.17) is 5.11 Å². The van der Waals surface area contributed by atoms with Crippen LogP contribution >= 0.6 is 0 Å². The van der Waals surface area contributed by atoms with Crippen molar-refractivity contribution in [3.8, 4) is 0 Å². The van der Waals surface area contributed by atoms with Crippen LogP contribution in [0.2, 0.25) is 0 Å². The van der Waals surface area contributed by atoms with Crippen LogP contribution in [0.3, 0.4) is 0 Å². The van der Waals surface area contributed by atoms with Gasteiger partial charge in [-0.05, 0) is 59.0 Å². The second-order valence-electron chi connectivity index (χ2n) is 10.3. The number of carbonyl (C=O) groups is 1. The molecule has 0 heterocycles. The number of likely N-dealkylation sites (N-methyl/N-ethyl adjacent to an activating group) is 1. The SMILES string of the molecule is CC(C)C(O)(C(C)O)N(C)C.CCCCCCCCCCCC=CCCCCCCCC(=O)O. The molecule has 0 rings (SSSR count). The number of aliphatic hydroxyl groups is 2. The van der Waals surface area contributed by atoms with Gasteiger partial charge in [-0.25, -0.2) is 0 Å². The highest BCUT2D eigenvalue weighted by Gasteiger charge is 2.38. The smallest absolute Gasteiger partial charge is 0.303 e. The summed E-state index contributed by atoms with van der Waals surface area (Å²) in [5.74, 6) is -0.651. The van der Waals surface area contributed by atoms with Gasteiger partial charge >= 0.3 is 5.97 Å². The Morgan fingerprint density at radius 2 is 1.15 bits per heavy atom. The Morgan fingerprint density at radius 1 is 0.765 bits per heavy atom. The molecular weight excluding hydrogens is 426 g/mol. The number of hydrogen-bond acceptors (Lipinski definition) is 4. The van der Waals surface area contributed by atoms with Crippen LogP contribution in [-0.2, 0) is 4.79 Å². The van der Waals surface area contributed by atoms with Crippen LogP contribution in [0.25, 0.3) is 0 Å². The van der Waals surface area contributed by atoms with E-state index in [2.05, 4.69) is 19.1 Å². The Morgan fingerprint density at radius 3 is 1.44 bits per heavy atom. The van der Waals surface area contributed by atoms with Gasteiger partial charge in [-0.2, -0.15) is 0 Å². The summed E-state index contributed by atoms with van der Waals surface area (Å²) in [6.45, 7) is 7.63. The lowest BCUT2D eigenvalue weighted by atomic mass is 9.93. The third kappa shape index (κ3) is 20.5. The highest BCUT2D eigenvalue weighted by atomic mass is 16.4. The zero-order valence-electron chi connectivity index (χ0n) is 23.5. The van der Waals surface area contributed by atoms with Crippen LogP contribution in [0.5, 0.6) is 0 Å². The quantitative estimate of drug-likeness (QED) is 0.0888. The van der Waals surface area contributed by atoms with Crippen LogP contribution in [0.1, 0.15) is 137 Å². The molecule has 0 aliphatic heterocycles. The van der Waals surface area contributed by atoms with Crippen molar-refractivity contribution in [3.05, 3.63) is 12.2 Å². The molecule has 0 radical (unpaired) electrons. The molecule has 0 amide bonds. The Hall–Kier alpha value is -0.910. The minimum Gasteiger partial charge on any atom is -0.481 e. The summed E-state index contributed by atoms with van der Waals surface area (Å²) in [4.78, 5) is 12.0. The van der Waals surface area contributed by atoms with Gasteiger partial charge in [-0.3, -0.25) is 9.69 Å². The second-order valence-corrected chi connectivity index (χ2v) is 10.3. The van der Waals surface area contributed by atoms with E-state index in [1.165, 1.54) is 89.9 Å². The van der Waals surface area contributed by atoms with Crippen LogP contribution < -0.4 is 0 Å². The normalized spacial score (nSPS) is 14.3. The summed E-state index contributed by atoms with van der Waals surface area (Å²) in [6.07, 6.45) is 24.9. The zero-order chi connectivity index (χ0) is 26.2. The molecule has 204 valence electrons. The maximum absolute atomic E-state index is 10.4. The van der Waals surface area contributed by atoms with Gasteiger partial charge in [0.05, 0.1) is 6.10 Å². The van der Waals surface area contributed by atoms with Gasteiger partial charge in [0.25, 0.3) is 0 Å². The first kappa shape index (κ1) is 35.3. The molecule has 0 aromatic carbocycles. The van der Waals surface area contributed by atoms with E-state index in [-0.39, 0.29) is 5.92 Å². The first-order valence-corrected chi connectivity index (χ1v) is 14.0. The number of allylic oxidation sites excluding steroid dienone is 2. The first-order valence-electron chi connectivity index (χ1n) is 14.0. The maximum atomic E-state index is 10.4. The highest BCUT2D eigenvalue weighted by molar-refractivity contribution is 5.66. The Bertz CT molecular complexity index is 453. The van der Waals surface area contributed by atoms with Gasteiger partial charge in [0.15, 0.2) is 0 Å². The highest BCUT2D eigenvalue weighted by Crippen LogP contribution is 2.23. The van der Waals surface area contributed by atoms with Crippen LogP contribution in [0.15, 0.2) is 12.2 Å². The third-order valence-corrected chi connectivity index (χ3v) is 6.58. The van der Waals surface area contributed by atoms with E-state index in [0.717, 1.165) is 12.8 Å². The molecule has 0 aliphatic rings. The summed E-state index contributed by atoms with van der Waals surface area (Å²) in [7, 11) is 3.51. The molecule has 0 spiro atoms. The van der Waals surface area contributed by atoms with Crippen molar-refractivity contribution < 1.29 is 20.1 Å². The van der Waals surface area contributed by atoms with E-state index < -0.39 is 17.8 Å². The summed E-state index contributed by atoms with van der Waals surface area (Å²) in [5.41, 5.74) is -1.11. The minimum absolute atomic E-state index is 0.0116. The van der Waals surface area contributed by atoms with Crippen molar-refractivity contribution >= 4 is 5.97 Å². The van der Waals surface area contributed by atoms with Crippen LogP contribution in [-0.4, -0.2) is 52.1 Å². The standard InChI is InChI=1S/C21H40O2.C8H19NO2/c1-2-3-4-5-6-7-8-9-10-11-12-13-14-15-16-17-18-19-20-21(22)23;1-6(2)8(11,7(3)10)9(4)5/h12-13H,2-11,14-20H2,1H3,(H,22,23);6-7,10-11H,1-5H3. The lowest BCUT2D eigenvalue weighted by Gasteiger charge is -2.40. The van der Waals surface area contributed by atoms with E-state index in [9.17, 15) is 15.0 Å². The van der Waals surface area contributed by atoms with Crippen molar-refractivity contribution in [1.82, 2.24) is 4.90 Å². The molecule has 0 saturated heterocycles. The number of carboxylic acids is 1. The third-order valence-electron chi connectivity index (χ3n) is 6.58. The summed E-state index contributed by atoms with van der Waals surface area (Å²) in [5, 5.41) is 27.8. The van der Waals surface area contributed by atoms with E-state index in [1.54, 1.807) is 25.9 Å². The lowest BCUT2D eigenvalue weighted by molar-refractivity contribution is -0.183. The van der Waals surface area contributed by atoms with Gasteiger partial charge in [0, 0.05) is 6.42 Å². The molecule has 0 fully saturated rings. The molecular formula is C29H59NO4. The number of aliphatic carboxylic acids is 1. The van der Waals surface area contributed by atoms with Crippen molar-refractivity contribution in [3.63, 3.8) is 0 Å². The Balaban J connectivity index is 0. The molecule has 5 heteroatoms. The molecule has 34 heavy (non-hydrogen) atoms. The van der Waals surface area contributed by atoms with Crippen molar-refractivity contribution in [1.29, 1.82) is 0 Å². The zero-order valence-corrected chi connectivity index (χ0v) is 23.5. The fourth-order valence-electron chi connectivity index (χ4n) is 4.25. The van der Waals surface area contributed by atoms with Gasteiger partial charge in [-0.1, -0.05) is 104 Å². The number of rotatable bonds is 21. The summed E-state index contributed by atoms with van der Waals surface area (Å²) >= 11 is 0. The number of nitrogens with zero attached hydrogens (tertiary/aromatic N) is 1. The molecule has 3 N–H and O–H groups in total. The average molecular weight is 486 g/mol. The second kappa shape index (κ2) is 23.8. The predicted octanol–water partition coefficient (Wildman–Crippen LogP) is 7.55. The first-order chi connectivity index (χ1) is 16.1. The molecule has 5 nitrogen and oxygen atoms in total. The number of aliphatic hydroxyl groups excluding tert-OH is 1. The van der Waals surface area contributed by atoms with Gasteiger partial charge in [0.1, 0.15) is 5.72 Å². The fraction of sp³-hybridized carbons (Fsp3) is 0.897. The lowest BCUT2D eigenvalue weighted by Crippen LogP contribution is -2.56. The number of hydrogen-bond donors (Lipinski definition) is 3. The van der Waals surface area contributed by atoms with E-state index in [0.29, 0.717) is 6.42 Å². The largest absolute Gasteiger partial charge is 0.481 e. The molecule has 2 atom stereocenters. The molecule has 0 aromatic rings. The molecule has 0 aliphatic carbocycles. The molecule has 2 unspecified atom stereocenters. The molecule has 0 bridgehead atoms. The Kier molecular flexibility index (Phi) is 24.7. The molecule has 0 saturated carbocycles. The monoisotopic (exact) mass is 485 g/mol. The minimum atomic E-state index is -1.11. The van der Waals surface area contributed by atoms with Gasteiger partial charge < -0.3 is 15.3 Å². The van der Waals surface area contributed by atoms with E-state index in [1.807, 2.05) is 13.8 Å². The van der Waals surface area contributed by atoms with Crippen molar-refractivity contribution in [2.75, 3.05) is 14.1 Å². The number of carboxylic acid groups (broad SMARTS) is 1. The van der Waals surface area contributed by atoms with Gasteiger partial charge in [0.2, 0.25) is 0 Å². The van der Waals surface area contributed by atoms with E-state index >= 15 is 0 Å².